The molecule has 1 N–H and O–H groups in total. The zero-order chi connectivity index (χ0) is 13.2. The van der Waals surface area contributed by atoms with E-state index in [0.717, 1.165) is 6.54 Å². The van der Waals surface area contributed by atoms with Gasteiger partial charge in [0.2, 0.25) is 0 Å². The summed E-state index contributed by atoms with van der Waals surface area (Å²) >= 11 is 0. The number of aryl methyl sites for hydroxylation is 1. The normalized spacial score (nSPS) is 11.7. The first kappa shape index (κ1) is 12.7. The quantitative estimate of drug-likeness (QED) is 0.660. The first-order valence-electron chi connectivity index (χ1n) is 6.18. The van der Waals surface area contributed by atoms with Gasteiger partial charge in [-0.15, -0.1) is 0 Å². The molecule has 0 aliphatic rings. The van der Waals surface area contributed by atoms with E-state index in [-0.39, 0.29) is 5.41 Å². The predicted octanol–water partition coefficient (Wildman–Crippen LogP) is 2.57. The minimum atomic E-state index is 0.0116. The van der Waals surface area contributed by atoms with Gasteiger partial charge in [-0.2, -0.15) is 5.26 Å². The first-order valence-corrected chi connectivity index (χ1v) is 6.18. The summed E-state index contributed by atoms with van der Waals surface area (Å²) in [5.74, 6) is 0. The minimum Gasteiger partial charge on any atom is -0.350 e. The van der Waals surface area contributed by atoms with Gasteiger partial charge < -0.3 is 9.88 Å². The van der Waals surface area contributed by atoms with Gasteiger partial charge in [-0.25, -0.2) is 0 Å². The van der Waals surface area contributed by atoms with Crippen LogP contribution in [0.3, 0.4) is 0 Å². The second kappa shape index (κ2) is 4.83. The zero-order valence-electron chi connectivity index (χ0n) is 11.2. The maximum atomic E-state index is 8.59. The molecular formula is C15H19N3. The number of nitrogens with one attached hydrogen (secondary N) is 1. The van der Waals surface area contributed by atoms with Crippen molar-refractivity contribution in [3.8, 4) is 6.07 Å². The lowest BCUT2D eigenvalue weighted by molar-refractivity contribution is 0.487. The SMILES string of the molecule is Cn1cc(C(C)(C)CNCC#N)c2ccccc21. The average molecular weight is 241 g/mol. The third-order valence-electron chi connectivity index (χ3n) is 3.40. The van der Waals surface area contributed by atoms with Crippen molar-refractivity contribution in [2.24, 2.45) is 7.05 Å². The van der Waals surface area contributed by atoms with Crippen molar-refractivity contribution in [1.82, 2.24) is 9.88 Å². The van der Waals surface area contributed by atoms with E-state index >= 15 is 0 Å². The van der Waals surface area contributed by atoms with Crippen molar-refractivity contribution in [3.63, 3.8) is 0 Å². The minimum absolute atomic E-state index is 0.0116. The molecule has 0 saturated carbocycles. The largest absolute Gasteiger partial charge is 0.350 e. The van der Waals surface area contributed by atoms with Crippen LogP contribution in [-0.2, 0) is 12.5 Å². The van der Waals surface area contributed by atoms with Crippen LogP contribution in [0.4, 0.5) is 0 Å². The van der Waals surface area contributed by atoms with Crippen LogP contribution in [0.25, 0.3) is 10.9 Å². The number of nitriles is 1. The van der Waals surface area contributed by atoms with Crippen molar-refractivity contribution < 1.29 is 0 Å². The predicted molar refractivity (Wildman–Crippen MR) is 74.4 cm³/mol. The average Bonchev–Trinajstić information content (AvgIpc) is 2.69. The molecule has 94 valence electrons. The lowest BCUT2D eigenvalue weighted by Crippen LogP contribution is -2.33. The van der Waals surface area contributed by atoms with Gasteiger partial charge in [0.1, 0.15) is 0 Å². The molecule has 2 rings (SSSR count). The topological polar surface area (TPSA) is 40.8 Å². The summed E-state index contributed by atoms with van der Waals surface area (Å²) in [5, 5.41) is 13.1. The molecule has 1 heterocycles. The monoisotopic (exact) mass is 241 g/mol. The molecule has 0 bridgehead atoms. The Hall–Kier alpha value is -1.79. The molecule has 0 radical (unpaired) electrons. The van der Waals surface area contributed by atoms with Gasteiger partial charge in [0.25, 0.3) is 0 Å². The van der Waals surface area contributed by atoms with Crippen LogP contribution in [0.2, 0.25) is 0 Å². The highest BCUT2D eigenvalue weighted by Gasteiger charge is 2.24. The Balaban J connectivity index is 2.38. The highest BCUT2D eigenvalue weighted by molar-refractivity contribution is 5.85. The molecular weight excluding hydrogens is 222 g/mol. The Morgan fingerprint density at radius 1 is 1.33 bits per heavy atom. The molecule has 0 unspecified atom stereocenters. The highest BCUT2D eigenvalue weighted by atomic mass is 14.9. The first-order chi connectivity index (χ1) is 8.56. The molecule has 0 spiro atoms. The van der Waals surface area contributed by atoms with Gasteiger partial charge in [-0.1, -0.05) is 32.0 Å². The summed E-state index contributed by atoms with van der Waals surface area (Å²) in [7, 11) is 2.07. The van der Waals surface area contributed by atoms with Gasteiger partial charge in [0, 0.05) is 36.1 Å². The molecule has 0 atom stereocenters. The standard InChI is InChI=1S/C15H19N3/c1-15(2,11-17-9-8-16)13-10-18(3)14-7-5-4-6-12(13)14/h4-7,10,17H,9,11H2,1-3H3. The molecule has 0 aliphatic heterocycles. The molecule has 3 heteroatoms. The smallest absolute Gasteiger partial charge is 0.0841 e. The molecule has 1 aromatic carbocycles. The van der Waals surface area contributed by atoms with E-state index in [1.807, 2.05) is 0 Å². The van der Waals surface area contributed by atoms with Gasteiger partial charge >= 0.3 is 0 Å². The fraction of sp³-hybridized carbons (Fsp3) is 0.400. The number of para-hydroxylation sites is 1. The number of benzene rings is 1. The lowest BCUT2D eigenvalue weighted by Gasteiger charge is -2.24. The molecule has 0 fully saturated rings. The van der Waals surface area contributed by atoms with Crippen LogP contribution in [0.1, 0.15) is 19.4 Å². The molecule has 1 aromatic heterocycles. The van der Waals surface area contributed by atoms with Gasteiger partial charge in [0.15, 0.2) is 0 Å². The zero-order valence-corrected chi connectivity index (χ0v) is 11.2. The molecule has 3 nitrogen and oxygen atoms in total. The van der Waals surface area contributed by atoms with E-state index in [1.54, 1.807) is 0 Å². The van der Waals surface area contributed by atoms with Crippen molar-refractivity contribution in [3.05, 3.63) is 36.0 Å². The van der Waals surface area contributed by atoms with Crippen LogP contribution in [0.15, 0.2) is 30.5 Å². The fourth-order valence-corrected chi connectivity index (χ4v) is 2.41. The van der Waals surface area contributed by atoms with Crippen LogP contribution in [0, 0.1) is 11.3 Å². The Bertz CT molecular complexity index is 587. The van der Waals surface area contributed by atoms with Crippen LogP contribution >= 0.6 is 0 Å². The van der Waals surface area contributed by atoms with E-state index in [1.165, 1.54) is 16.5 Å². The van der Waals surface area contributed by atoms with Crippen molar-refractivity contribution in [2.45, 2.75) is 19.3 Å². The van der Waals surface area contributed by atoms with Gasteiger partial charge in [-0.05, 0) is 11.6 Å². The van der Waals surface area contributed by atoms with Crippen LogP contribution in [0.5, 0.6) is 0 Å². The third-order valence-corrected chi connectivity index (χ3v) is 3.40. The molecule has 0 saturated heterocycles. The Kier molecular flexibility index (Phi) is 3.40. The third kappa shape index (κ3) is 2.25. The lowest BCUT2D eigenvalue weighted by atomic mass is 9.84. The number of fused-ring (bicyclic) bond motifs is 1. The number of hydrogen-bond donors (Lipinski definition) is 1. The van der Waals surface area contributed by atoms with Crippen molar-refractivity contribution in [2.75, 3.05) is 13.1 Å². The summed E-state index contributed by atoms with van der Waals surface area (Å²) < 4.78 is 2.16. The second-order valence-electron chi connectivity index (χ2n) is 5.32. The number of aromatic nitrogens is 1. The van der Waals surface area contributed by atoms with Crippen LogP contribution in [-0.4, -0.2) is 17.7 Å². The Morgan fingerprint density at radius 2 is 2.06 bits per heavy atom. The molecule has 0 aliphatic carbocycles. The summed E-state index contributed by atoms with van der Waals surface area (Å²) in [4.78, 5) is 0. The second-order valence-corrected chi connectivity index (χ2v) is 5.32. The molecule has 18 heavy (non-hydrogen) atoms. The summed E-state index contributed by atoms with van der Waals surface area (Å²) in [6.45, 7) is 5.61. The molecule has 0 amide bonds. The highest BCUT2D eigenvalue weighted by Crippen LogP contribution is 2.31. The maximum absolute atomic E-state index is 8.59. The molecule has 2 aromatic rings. The van der Waals surface area contributed by atoms with E-state index in [9.17, 15) is 0 Å². The van der Waals surface area contributed by atoms with Crippen LogP contribution < -0.4 is 5.32 Å². The van der Waals surface area contributed by atoms with E-state index in [2.05, 4.69) is 67.3 Å². The Morgan fingerprint density at radius 3 is 2.78 bits per heavy atom. The van der Waals surface area contributed by atoms with Crippen molar-refractivity contribution in [1.29, 1.82) is 5.26 Å². The number of nitrogens with zero attached hydrogens (tertiary/aromatic N) is 2. The number of hydrogen-bond acceptors (Lipinski definition) is 2. The summed E-state index contributed by atoms with van der Waals surface area (Å²) in [6.07, 6.45) is 2.19. The summed E-state index contributed by atoms with van der Waals surface area (Å²) in [6, 6.07) is 10.6. The van der Waals surface area contributed by atoms with Crippen molar-refractivity contribution >= 4 is 10.9 Å². The van der Waals surface area contributed by atoms with Gasteiger partial charge in [-0.3, -0.25) is 0 Å². The number of rotatable bonds is 4. The fourth-order valence-electron chi connectivity index (χ4n) is 2.41. The van der Waals surface area contributed by atoms with E-state index in [0.29, 0.717) is 6.54 Å². The van der Waals surface area contributed by atoms with Gasteiger partial charge in [0.05, 0.1) is 12.6 Å². The summed E-state index contributed by atoms with van der Waals surface area (Å²) in [5.41, 5.74) is 2.59. The Labute approximate surface area is 108 Å². The van der Waals surface area contributed by atoms with E-state index < -0.39 is 0 Å². The maximum Gasteiger partial charge on any atom is 0.0841 e. The van der Waals surface area contributed by atoms with E-state index in [4.69, 9.17) is 5.26 Å².